The lowest BCUT2D eigenvalue weighted by molar-refractivity contribution is -0.274. The largest absolute Gasteiger partial charge is 0.573 e. The van der Waals surface area contributed by atoms with Crippen LogP contribution in [0.25, 0.3) is 0 Å². The molecule has 0 amide bonds. The van der Waals surface area contributed by atoms with E-state index in [1.54, 1.807) is 0 Å². The molecule has 10 heteroatoms. The Morgan fingerprint density at radius 3 is 2.36 bits per heavy atom. The van der Waals surface area contributed by atoms with Crippen LogP contribution in [0.15, 0.2) is 18.2 Å². The fraction of sp³-hybridized carbons (Fsp3) is 0.467. The molecule has 1 fully saturated rings. The summed E-state index contributed by atoms with van der Waals surface area (Å²) in [6.45, 7) is 0. The van der Waals surface area contributed by atoms with Gasteiger partial charge in [0.1, 0.15) is 11.5 Å². The van der Waals surface area contributed by atoms with Crippen molar-refractivity contribution in [1.82, 2.24) is 0 Å². The van der Waals surface area contributed by atoms with E-state index < -0.39 is 34.3 Å². The monoisotopic (exact) mass is 379 g/mol. The second-order valence-corrected chi connectivity index (χ2v) is 7.81. The number of ether oxygens (including phenoxy) is 1. The van der Waals surface area contributed by atoms with Crippen molar-refractivity contribution < 1.29 is 35.9 Å². The summed E-state index contributed by atoms with van der Waals surface area (Å²) in [7, 11) is -2.75. The summed E-state index contributed by atoms with van der Waals surface area (Å²) in [6, 6.07) is 2.74. The predicted octanol–water partition coefficient (Wildman–Crippen LogP) is 2.53. The van der Waals surface area contributed by atoms with Crippen LogP contribution in [0.2, 0.25) is 0 Å². The highest BCUT2D eigenvalue weighted by atomic mass is 32.2. The topological polar surface area (TPSA) is 80.8 Å². The molecule has 1 aliphatic rings. The third-order valence-electron chi connectivity index (χ3n) is 3.71. The predicted molar refractivity (Wildman–Crippen MR) is 83.1 cm³/mol. The summed E-state index contributed by atoms with van der Waals surface area (Å²) < 4.78 is 65.0. The molecule has 6 nitrogen and oxygen atoms in total. The molecule has 0 unspecified atom stereocenters. The Bertz CT molecular complexity index is 800. The summed E-state index contributed by atoms with van der Waals surface area (Å²) in [4.78, 5) is 24.1. The first-order chi connectivity index (χ1) is 11.4. The van der Waals surface area contributed by atoms with E-state index in [0.717, 1.165) is 31.5 Å². The third-order valence-corrected chi connectivity index (χ3v) is 4.90. The van der Waals surface area contributed by atoms with Gasteiger partial charge in [-0.2, -0.15) is 0 Å². The molecule has 2 rings (SSSR count). The molecule has 0 aliphatic heterocycles. The van der Waals surface area contributed by atoms with Crippen LogP contribution in [0.4, 0.5) is 18.9 Å². The van der Waals surface area contributed by atoms with Crippen LogP contribution >= 0.6 is 0 Å². The fourth-order valence-electron chi connectivity index (χ4n) is 2.19. The molecule has 25 heavy (non-hydrogen) atoms. The number of alkyl halides is 3. The molecule has 0 saturated heterocycles. The highest BCUT2D eigenvalue weighted by Gasteiger charge is 2.33. The fourth-order valence-corrected chi connectivity index (χ4v) is 2.70. The second kappa shape index (κ2) is 6.66. The number of rotatable bonds is 7. The number of nitrogens with zero attached hydrogens (tertiary/aromatic N) is 1. The number of ketones is 2. The molecule has 1 aliphatic carbocycles. The first-order valence-corrected chi connectivity index (χ1v) is 9.13. The molecule has 0 spiro atoms. The van der Waals surface area contributed by atoms with E-state index in [1.165, 1.54) is 0 Å². The summed E-state index contributed by atoms with van der Waals surface area (Å²) in [6.07, 6.45) is -3.13. The highest BCUT2D eigenvalue weighted by molar-refractivity contribution is 7.92. The SMILES string of the molecule is CN(c1cc(OC(F)(F)F)ccc1C(=O)CC(=O)C1CC1)S(C)(=O)=O. The Labute approximate surface area is 142 Å². The van der Waals surface area contributed by atoms with Crippen LogP contribution < -0.4 is 9.04 Å². The molecule has 0 heterocycles. The summed E-state index contributed by atoms with van der Waals surface area (Å²) in [5.74, 6) is -1.73. The average Bonchev–Trinajstić information content (AvgIpc) is 3.28. The Kier molecular flexibility index (Phi) is 5.12. The van der Waals surface area contributed by atoms with Gasteiger partial charge in [-0.05, 0) is 25.0 Å². The smallest absolute Gasteiger partial charge is 0.406 e. The van der Waals surface area contributed by atoms with Crippen molar-refractivity contribution in [2.75, 3.05) is 17.6 Å². The minimum absolute atomic E-state index is 0.156. The van der Waals surface area contributed by atoms with Gasteiger partial charge in [-0.3, -0.25) is 13.9 Å². The molecule has 0 radical (unpaired) electrons. The van der Waals surface area contributed by atoms with E-state index in [1.807, 2.05) is 0 Å². The number of hydrogen-bond donors (Lipinski definition) is 0. The van der Waals surface area contributed by atoms with Crippen LogP contribution in [0, 0.1) is 5.92 Å². The standard InChI is InChI=1S/C15H16F3NO5S/c1-19(25(2,22)23)12-7-10(24-15(16,17)18)5-6-11(12)14(21)8-13(20)9-3-4-9/h5-7,9H,3-4,8H2,1-2H3. The third kappa shape index (κ3) is 5.18. The number of sulfonamides is 1. The zero-order chi connectivity index (χ0) is 19.0. The van der Waals surface area contributed by atoms with Crippen LogP contribution in [0.1, 0.15) is 29.6 Å². The lowest BCUT2D eigenvalue weighted by Gasteiger charge is -2.21. The van der Waals surface area contributed by atoms with Crippen molar-refractivity contribution in [2.24, 2.45) is 5.92 Å². The summed E-state index contributed by atoms with van der Waals surface area (Å²) >= 11 is 0. The summed E-state index contributed by atoms with van der Waals surface area (Å²) in [5, 5.41) is 0. The maximum Gasteiger partial charge on any atom is 0.573 e. The van der Waals surface area contributed by atoms with Gasteiger partial charge in [-0.25, -0.2) is 8.42 Å². The second-order valence-electron chi connectivity index (χ2n) is 5.80. The van der Waals surface area contributed by atoms with Crippen molar-refractivity contribution in [1.29, 1.82) is 0 Å². The quantitative estimate of drug-likeness (QED) is 0.537. The van der Waals surface area contributed by atoms with Crippen molar-refractivity contribution in [2.45, 2.75) is 25.6 Å². The molecule has 0 aromatic heterocycles. The van der Waals surface area contributed by atoms with Crippen LogP contribution in [0.5, 0.6) is 5.75 Å². The van der Waals surface area contributed by atoms with Crippen LogP contribution in [0.3, 0.4) is 0 Å². The van der Waals surface area contributed by atoms with Crippen molar-refractivity contribution in [3.8, 4) is 5.75 Å². The molecule has 138 valence electrons. The van der Waals surface area contributed by atoms with Gasteiger partial charge >= 0.3 is 6.36 Å². The summed E-state index contributed by atoms with van der Waals surface area (Å²) in [5.41, 5.74) is -0.436. The lowest BCUT2D eigenvalue weighted by Crippen LogP contribution is -2.27. The first kappa shape index (κ1) is 19.2. The molecule has 1 aromatic carbocycles. The number of carbonyl (C=O) groups excluding carboxylic acids is 2. The van der Waals surface area contributed by atoms with Gasteiger partial charge in [-0.1, -0.05) is 0 Å². The van der Waals surface area contributed by atoms with Crippen LogP contribution in [-0.2, 0) is 14.8 Å². The molecule has 0 atom stereocenters. The number of hydrogen-bond acceptors (Lipinski definition) is 5. The highest BCUT2D eigenvalue weighted by Crippen LogP contribution is 2.34. The maximum absolute atomic E-state index is 12.4. The van der Waals surface area contributed by atoms with Crippen LogP contribution in [-0.4, -0.2) is 39.7 Å². The molecular formula is C15H16F3NO5S. The molecule has 1 saturated carbocycles. The van der Waals surface area contributed by atoms with E-state index in [-0.39, 0.29) is 23.0 Å². The normalized spacial score (nSPS) is 14.9. The van der Waals surface area contributed by atoms with E-state index in [4.69, 9.17) is 0 Å². The number of carbonyl (C=O) groups is 2. The van der Waals surface area contributed by atoms with E-state index in [0.29, 0.717) is 17.1 Å². The molecule has 1 aromatic rings. The Morgan fingerprint density at radius 1 is 1.28 bits per heavy atom. The van der Waals surface area contributed by atoms with Gasteiger partial charge in [0, 0.05) is 24.6 Å². The number of anilines is 1. The Balaban J connectivity index is 2.39. The number of Topliss-reactive ketones (excluding diaryl/α,β-unsaturated/α-hetero) is 2. The first-order valence-electron chi connectivity index (χ1n) is 7.28. The maximum atomic E-state index is 12.4. The Morgan fingerprint density at radius 2 is 1.88 bits per heavy atom. The van der Waals surface area contributed by atoms with Gasteiger partial charge in [0.25, 0.3) is 0 Å². The minimum atomic E-state index is -4.96. The number of benzene rings is 1. The molecular weight excluding hydrogens is 363 g/mol. The van der Waals surface area contributed by atoms with Crippen molar-refractivity contribution in [3.63, 3.8) is 0 Å². The Hall–Kier alpha value is -2.10. The van der Waals surface area contributed by atoms with E-state index in [9.17, 15) is 31.2 Å². The van der Waals surface area contributed by atoms with Gasteiger partial charge in [-0.15, -0.1) is 13.2 Å². The van der Waals surface area contributed by atoms with Gasteiger partial charge in [0.2, 0.25) is 10.0 Å². The van der Waals surface area contributed by atoms with Gasteiger partial charge < -0.3 is 4.74 Å². The van der Waals surface area contributed by atoms with E-state index in [2.05, 4.69) is 4.74 Å². The zero-order valence-electron chi connectivity index (χ0n) is 13.5. The molecule has 0 bridgehead atoms. The number of halogens is 3. The lowest BCUT2D eigenvalue weighted by atomic mass is 10.0. The average molecular weight is 379 g/mol. The van der Waals surface area contributed by atoms with E-state index >= 15 is 0 Å². The van der Waals surface area contributed by atoms with Gasteiger partial charge in [0.05, 0.1) is 18.4 Å². The molecule has 0 N–H and O–H groups in total. The minimum Gasteiger partial charge on any atom is -0.406 e. The van der Waals surface area contributed by atoms with Crippen molar-refractivity contribution >= 4 is 27.3 Å². The zero-order valence-corrected chi connectivity index (χ0v) is 14.3. The van der Waals surface area contributed by atoms with Crippen molar-refractivity contribution in [3.05, 3.63) is 23.8 Å². The van der Waals surface area contributed by atoms with Gasteiger partial charge in [0.15, 0.2) is 5.78 Å².